The normalized spacial score (nSPS) is 14.6. The van der Waals surface area contributed by atoms with Gasteiger partial charge >= 0.3 is 0 Å². The Morgan fingerprint density at radius 1 is 1.47 bits per heavy atom. The monoisotopic (exact) mass is 280 g/mol. The molecule has 3 rings (SSSR count). The molecule has 1 amide bonds. The van der Waals surface area contributed by atoms with Gasteiger partial charge in [0, 0.05) is 12.5 Å². The lowest BCUT2D eigenvalue weighted by Crippen LogP contribution is -2.23. The van der Waals surface area contributed by atoms with Gasteiger partial charge in [0.2, 0.25) is 17.7 Å². The zero-order valence-corrected chi connectivity index (χ0v) is 11.3. The maximum absolute atomic E-state index is 11.3. The predicted octanol–water partition coefficient (Wildman–Crippen LogP) is 1.72. The molecule has 0 aromatic carbocycles. The summed E-state index contributed by atoms with van der Waals surface area (Å²) < 4.78 is 3.44. The number of fused-ring (bicyclic) bond motifs is 1. The van der Waals surface area contributed by atoms with Crippen LogP contribution in [-0.2, 0) is 11.3 Å². The summed E-state index contributed by atoms with van der Waals surface area (Å²) in [4.78, 5) is 15.7. The third kappa shape index (κ3) is 1.99. The maximum Gasteiger partial charge on any atom is 0.228 e. The van der Waals surface area contributed by atoms with Gasteiger partial charge in [-0.1, -0.05) is 11.6 Å². The summed E-state index contributed by atoms with van der Waals surface area (Å²) in [6, 6.07) is 0.151. The molecule has 19 heavy (non-hydrogen) atoms. The van der Waals surface area contributed by atoms with E-state index in [0.717, 1.165) is 0 Å². The van der Waals surface area contributed by atoms with Crippen LogP contribution in [0.3, 0.4) is 0 Å². The molecule has 8 heteroatoms. The van der Waals surface area contributed by atoms with Gasteiger partial charge in [-0.25, -0.2) is 4.68 Å². The number of rotatable bonds is 2. The van der Waals surface area contributed by atoms with E-state index >= 15 is 0 Å². The van der Waals surface area contributed by atoms with Crippen LogP contribution in [0.15, 0.2) is 6.20 Å². The number of nitrogens with zero attached hydrogens (tertiary/aromatic N) is 5. The van der Waals surface area contributed by atoms with Gasteiger partial charge < -0.3 is 0 Å². The number of hydrogen-bond acceptors (Lipinski definition) is 4. The molecule has 100 valence electrons. The van der Waals surface area contributed by atoms with Crippen LogP contribution in [0.1, 0.15) is 26.3 Å². The average molecular weight is 281 g/mol. The minimum atomic E-state index is -0.0464. The van der Waals surface area contributed by atoms with Crippen molar-refractivity contribution in [1.82, 2.24) is 24.5 Å². The third-order valence-corrected chi connectivity index (χ3v) is 3.20. The third-order valence-electron chi connectivity index (χ3n) is 2.93. The summed E-state index contributed by atoms with van der Waals surface area (Å²) >= 11 is 6.16. The van der Waals surface area contributed by atoms with E-state index in [-0.39, 0.29) is 11.9 Å². The van der Waals surface area contributed by atoms with Crippen LogP contribution in [0.2, 0.25) is 5.02 Å². The Bertz CT molecular complexity index is 644. The number of halogens is 1. The van der Waals surface area contributed by atoms with E-state index in [4.69, 9.17) is 11.6 Å². The van der Waals surface area contributed by atoms with Gasteiger partial charge in [0.05, 0.1) is 17.8 Å². The molecule has 0 atom stereocenters. The lowest BCUT2D eigenvalue weighted by Gasteiger charge is -2.11. The predicted molar refractivity (Wildman–Crippen MR) is 69.9 cm³/mol. The molecule has 1 aliphatic rings. The summed E-state index contributed by atoms with van der Waals surface area (Å²) in [6.45, 7) is 4.54. The minimum Gasteiger partial charge on any atom is -0.295 e. The number of aromatic nitrogens is 5. The summed E-state index contributed by atoms with van der Waals surface area (Å²) in [5.74, 6) is 0.891. The first-order valence-electron chi connectivity index (χ1n) is 6.04. The molecule has 0 radical (unpaired) electrons. The van der Waals surface area contributed by atoms with Crippen molar-refractivity contribution in [3.63, 3.8) is 0 Å². The van der Waals surface area contributed by atoms with Gasteiger partial charge in [-0.15, -0.1) is 5.10 Å². The first-order valence-corrected chi connectivity index (χ1v) is 6.42. The first-order chi connectivity index (χ1) is 9.06. The van der Waals surface area contributed by atoms with Crippen molar-refractivity contribution in [3.8, 4) is 11.5 Å². The topological polar surface area (TPSA) is 77.6 Å². The fourth-order valence-electron chi connectivity index (χ4n) is 2.03. The van der Waals surface area contributed by atoms with Crippen LogP contribution in [0.5, 0.6) is 0 Å². The van der Waals surface area contributed by atoms with E-state index in [1.54, 1.807) is 15.6 Å². The van der Waals surface area contributed by atoms with Crippen molar-refractivity contribution in [2.75, 3.05) is 5.32 Å². The van der Waals surface area contributed by atoms with E-state index in [2.05, 4.69) is 20.5 Å². The lowest BCUT2D eigenvalue weighted by atomic mass is 10.3. The average Bonchev–Trinajstić information content (AvgIpc) is 2.91. The quantitative estimate of drug-likeness (QED) is 0.908. The van der Waals surface area contributed by atoms with Gasteiger partial charge in [-0.2, -0.15) is 10.1 Å². The number of nitrogens with one attached hydrogen (secondary N) is 1. The Balaban J connectivity index is 2.08. The number of amides is 1. The highest BCUT2D eigenvalue weighted by molar-refractivity contribution is 6.32. The van der Waals surface area contributed by atoms with Crippen molar-refractivity contribution >= 4 is 23.5 Å². The fourth-order valence-corrected chi connectivity index (χ4v) is 2.24. The molecule has 2 aromatic heterocycles. The summed E-state index contributed by atoms with van der Waals surface area (Å²) in [5.41, 5.74) is 0.674. The summed E-state index contributed by atoms with van der Waals surface area (Å²) in [5, 5.41) is 11.8. The minimum absolute atomic E-state index is 0.0464. The fraction of sp³-hybridized carbons (Fsp3) is 0.455. The zero-order chi connectivity index (χ0) is 13.6. The second-order valence-corrected chi connectivity index (χ2v) is 5.07. The Morgan fingerprint density at radius 3 is 3.00 bits per heavy atom. The number of hydrogen-bond donors (Lipinski definition) is 1. The van der Waals surface area contributed by atoms with Crippen LogP contribution in [0.25, 0.3) is 11.5 Å². The Kier molecular flexibility index (Phi) is 2.78. The molecule has 1 aliphatic heterocycles. The Labute approximate surface area is 114 Å². The van der Waals surface area contributed by atoms with E-state index in [1.807, 2.05) is 13.8 Å². The van der Waals surface area contributed by atoms with Crippen LogP contribution >= 0.6 is 11.6 Å². The number of carbonyl (C=O) groups is 1. The molecule has 2 aromatic rings. The molecule has 7 nitrogen and oxygen atoms in total. The van der Waals surface area contributed by atoms with E-state index in [0.29, 0.717) is 35.5 Å². The van der Waals surface area contributed by atoms with E-state index in [1.165, 1.54) is 0 Å². The van der Waals surface area contributed by atoms with Gasteiger partial charge in [0.15, 0.2) is 0 Å². The van der Waals surface area contributed by atoms with E-state index < -0.39 is 0 Å². The lowest BCUT2D eigenvalue weighted by molar-refractivity contribution is -0.117. The number of carbonyl (C=O) groups excluding carboxylic acids is 1. The molecule has 0 bridgehead atoms. The smallest absolute Gasteiger partial charge is 0.228 e. The van der Waals surface area contributed by atoms with Crippen molar-refractivity contribution in [3.05, 3.63) is 11.2 Å². The van der Waals surface area contributed by atoms with Gasteiger partial charge in [-0.3, -0.25) is 14.8 Å². The van der Waals surface area contributed by atoms with Crippen LogP contribution in [0.4, 0.5) is 5.95 Å². The Hall–Kier alpha value is -1.89. The van der Waals surface area contributed by atoms with Crippen LogP contribution in [0, 0.1) is 0 Å². The number of aryl methyl sites for hydroxylation is 1. The molecule has 3 heterocycles. The van der Waals surface area contributed by atoms with Crippen molar-refractivity contribution in [2.24, 2.45) is 0 Å². The van der Waals surface area contributed by atoms with E-state index in [9.17, 15) is 4.79 Å². The van der Waals surface area contributed by atoms with Crippen LogP contribution in [-0.4, -0.2) is 30.5 Å². The largest absolute Gasteiger partial charge is 0.295 e. The zero-order valence-electron chi connectivity index (χ0n) is 10.6. The summed E-state index contributed by atoms with van der Waals surface area (Å²) in [6.07, 6.45) is 1.99. The second kappa shape index (κ2) is 4.34. The molecule has 0 saturated carbocycles. The molecule has 0 saturated heterocycles. The Morgan fingerprint density at radius 2 is 2.26 bits per heavy atom. The SMILES string of the molecule is CC(C)n1ncc(Cl)c1-c1nc2n(n1)CCC(=O)N2. The van der Waals surface area contributed by atoms with Gasteiger partial charge in [-0.05, 0) is 13.8 Å². The van der Waals surface area contributed by atoms with Gasteiger partial charge in [0.1, 0.15) is 5.69 Å². The molecule has 0 aliphatic carbocycles. The molecule has 0 spiro atoms. The highest BCUT2D eigenvalue weighted by Crippen LogP contribution is 2.29. The highest BCUT2D eigenvalue weighted by Gasteiger charge is 2.23. The molecule has 0 unspecified atom stereocenters. The second-order valence-electron chi connectivity index (χ2n) is 4.66. The molecule has 0 fully saturated rings. The molecular formula is C11H13ClN6O. The highest BCUT2D eigenvalue weighted by atomic mass is 35.5. The first kappa shape index (κ1) is 12.2. The van der Waals surface area contributed by atoms with Gasteiger partial charge in [0.25, 0.3) is 0 Å². The summed E-state index contributed by atoms with van der Waals surface area (Å²) in [7, 11) is 0. The maximum atomic E-state index is 11.3. The van der Waals surface area contributed by atoms with Crippen molar-refractivity contribution < 1.29 is 4.79 Å². The van der Waals surface area contributed by atoms with Crippen molar-refractivity contribution in [2.45, 2.75) is 32.9 Å². The standard InChI is InChI=1S/C11H13ClN6O/c1-6(2)18-9(7(12)5-13-18)10-15-11-14-8(19)3-4-17(11)16-10/h5-6H,3-4H2,1-2H3,(H,14,15,16,19). The van der Waals surface area contributed by atoms with Crippen LogP contribution < -0.4 is 5.32 Å². The number of anilines is 1. The molecular weight excluding hydrogens is 268 g/mol. The molecule has 1 N–H and O–H groups in total. The van der Waals surface area contributed by atoms with Crippen molar-refractivity contribution in [1.29, 1.82) is 0 Å².